The van der Waals surface area contributed by atoms with Crippen molar-refractivity contribution in [2.45, 2.75) is 69.1 Å². The zero-order valence-electron chi connectivity index (χ0n) is 24.3. The number of benzene rings is 2. The molecule has 3 aromatic rings. The Hall–Kier alpha value is -2.93. The van der Waals surface area contributed by atoms with E-state index in [1.807, 2.05) is 13.0 Å². The maximum atomic E-state index is 12.9. The minimum atomic E-state index is -3.55. The molecule has 1 aromatic heterocycles. The average Bonchev–Trinajstić information content (AvgIpc) is 3.31. The van der Waals surface area contributed by atoms with Gasteiger partial charge in [-0.25, -0.2) is 26.1 Å². The van der Waals surface area contributed by atoms with E-state index in [9.17, 15) is 16.8 Å². The molecule has 0 amide bonds. The number of aryl methyl sites for hydroxylation is 1. The molecule has 0 aliphatic carbocycles. The third kappa shape index (κ3) is 6.08. The molecular weight excluding hydrogens is 598 g/mol. The van der Waals surface area contributed by atoms with E-state index >= 15 is 0 Å². The molecule has 0 saturated carbocycles. The van der Waals surface area contributed by atoms with Crippen molar-refractivity contribution in [3.63, 3.8) is 0 Å². The molecular formula is C29H36ClN5O5S2. The molecule has 5 rings (SSSR count). The Kier molecular flexibility index (Phi) is 8.45. The number of anilines is 4. The summed E-state index contributed by atoms with van der Waals surface area (Å²) in [6, 6.07) is 8.67. The summed E-state index contributed by atoms with van der Waals surface area (Å²) in [6.45, 7) is 8.37. The molecule has 1 atom stereocenters. The van der Waals surface area contributed by atoms with Gasteiger partial charge < -0.3 is 15.4 Å². The number of piperidine rings is 1. The molecule has 10 nitrogen and oxygen atoms in total. The van der Waals surface area contributed by atoms with Crippen molar-refractivity contribution < 1.29 is 21.6 Å². The number of nitrogens with zero attached hydrogens (tertiary/aromatic N) is 3. The summed E-state index contributed by atoms with van der Waals surface area (Å²) in [6.07, 6.45) is 4.97. The lowest BCUT2D eigenvalue weighted by Crippen LogP contribution is -2.37. The SMILES string of the molecule is Cc1cc(Nc2ncc(Cl)c(Nc3ccccc3S(=O)(=O)C(C)C)n2)c2c(c1C1CCN(S(C)(=O)=O)CC1)C[C@H](C)O2. The highest BCUT2D eigenvalue weighted by atomic mass is 35.5. The maximum Gasteiger partial charge on any atom is 0.229 e. The first-order chi connectivity index (χ1) is 19.8. The second kappa shape index (κ2) is 11.6. The Labute approximate surface area is 252 Å². The summed E-state index contributed by atoms with van der Waals surface area (Å²) in [5.74, 6) is 1.52. The van der Waals surface area contributed by atoms with E-state index in [-0.39, 0.29) is 33.7 Å². The summed E-state index contributed by atoms with van der Waals surface area (Å²) in [5.41, 5.74) is 4.54. The lowest BCUT2D eigenvalue weighted by Gasteiger charge is -2.32. The number of halogens is 1. The summed E-state index contributed by atoms with van der Waals surface area (Å²) >= 11 is 6.43. The Balaban J connectivity index is 1.44. The number of fused-ring (bicyclic) bond motifs is 1. The Morgan fingerprint density at radius 3 is 2.43 bits per heavy atom. The topological polar surface area (TPSA) is 131 Å². The molecule has 0 unspecified atom stereocenters. The fourth-order valence-electron chi connectivity index (χ4n) is 5.72. The van der Waals surface area contributed by atoms with Gasteiger partial charge in [-0.2, -0.15) is 4.98 Å². The molecule has 3 heterocycles. The van der Waals surface area contributed by atoms with E-state index in [0.717, 1.165) is 41.8 Å². The zero-order chi connectivity index (χ0) is 30.4. The third-order valence-electron chi connectivity index (χ3n) is 7.83. The highest BCUT2D eigenvalue weighted by Crippen LogP contribution is 2.46. The first kappa shape index (κ1) is 30.5. The summed E-state index contributed by atoms with van der Waals surface area (Å²) in [4.78, 5) is 9.10. The fourth-order valence-corrected chi connectivity index (χ4v) is 7.94. The van der Waals surface area contributed by atoms with Crippen LogP contribution in [0.2, 0.25) is 5.02 Å². The van der Waals surface area contributed by atoms with E-state index in [1.54, 1.807) is 42.4 Å². The van der Waals surface area contributed by atoms with Gasteiger partial charge in [0, 0.05) is 25.1 Å². The van der Waals surface area contributed by atoms with Gasteiger partial charge in [-0.3, -0.25) is 0 Å². The molecule has 1 fully saturated rings. The minimum Gasteiger partial charge on any atom is -0.488 e. The van der Waals surface area contributed by atoms with Gasteiger partial charge in [0.1, 0.15) is 16.9 Å². The highest BCUT2D eigenvalue weighted by molar-refractivity contribution is 7.92. The molecule has 0 bridgehead atoms. The molecule has 0 spiro atoms. The van der Waals surface area contributed by atoms with Gasteiger partial charge in [0.2, 0.25) is 16.0 Å². The van der Waals surface area contributed by atoms with Crippen LogP contribution in [0.1, 0.15) is 56.2 Å². The number of hydrogen-bond donors (Lipinski definition) is 2. The Morgan fingerprint density at radius 2 is 1.76 bits per heavy atom. The van der Waals surface area contributed by atoms with E-state index in [1.165, 1.54) is 18.0 Å². The lowest BCUT2D eigenvalue weighted by atomic mass is 9.83. The number of sulfone groups is 1. The zero-order valence-corrected chi connectivity index (χ0v) is 26.7. The fraction of sp³-hybridized carbons (Fsp3) is 0.448. The molecule has 1 saturated heterocycles. The predicted octanol–water partition coefficient (Wildman–Crippen LogP) is 5.57. The van der Waals surface area contributed by atoms with Crippen LogP contribution in [0.3, 0.4) is 0 Å². The number of nitrogens with one attached hydrogen (secondary N) is 2. The van der Waals surface area contributed by atoms with E-state index in [4.69, 9.17) is 16.3 Å². The number of para-hydroxylation sites is 1. The third-order valence-corrected chi connectivity index (χ3v) is 11.6. The second-order valence-electron chi connectivity index (χ2n) is 11.3. The van der Waals surface area contributed by atoms with Crippen molar-refractivity contribution in [3.05, 3.63) is 58.2 Å². The largest absolute Gasteiger partial charge is 0.488 e. The van der Waals surface area contributed by atoms with E-state index < -0.39 is 25.1 Å². The van der Waals surface area contributed by atoms with Crippen molar-refractivity contribution in [2.24, 2.45) is 0 Å². The smallest absolute Gasteiger partial charge is 0.229 e. The molecule has 2 aliphatic rings. The summed E-state index contributed by atoms with van der Waals surface area (Å²) in [7, 11) is -6.76. The first-order valence-corrected chi connectivity index (χ1v) is 17.7. The Morgan fingerprint density at radius 1 is 1.07 bits per heavy atom. The number of ether oxygens (including phenoxy) is 1. The van der Waals surface area contributed by atoms with Gasteiger partial charge in [-0.15, -0.1) is 0 Å². The number of sulfonamides is 1. The van der Waals surface area contributed by atoms with Crippen LogP contribution >= 0.6 is 11.6 Å². The van der Waals surface area contributed by atoms with Crippen LogP contribution in [0.25, 0.3) is 0 Å². The van der Waals surface area contributed by atoms with Gasteiger partial charge in [0.05, 0.1) is 34.0 Å². The van der Waals surface area contributed by atoms with Gasteiger partial charge in [-0.05, 0) is 75.8 Å². The number of rotatable bonds is 8. The normalized spacial score (nSPS) is 18.1. The molecule has 0 radical (unpaired) electrons. The quantitative estimate of drug-likeness (QED) is 0.327. The van der Waals surface area contributed by atoms with Gasteiger partial charge in [-0.1, -0.05) is 23.7 Å². The first-order valence-electron chi connectivity index (χ1n) is 13.9. The molecule has 42 heavy (non-hydrogen) atoms. The number of hydrogen-bond acceptors (Lipinski definition) is 9. The summed E-state index contributed by atoms with van der Waals surface area (Å²) < 4.78 is 57.8. The standard InChI is InChI=1S/C29H36ClN5O5S2/c1-17(2)42(38,39)25-9-7-6-8-23(25)32-28-22(30)16-31-29(34-28)33-24-14-18(3)26(21-15-19(4)40-27(21)24)20-10-12-35(13-11-20)41(5,36)37/h6-9,14,16-17,19-20H,10-13,15H2,1-5H3,(H2,31,32,33,34)/t19-/m0/s1. The van der Waals surface area contributed by atoms with E-state index in [2.05, 4.69) is 27.5 Å². The van der Waals surface area contributed by atoms with Crippen molar-refractivity contribution in [1.29, 1.82) is 0 Å². The van der Waals surface area contributed by atoms with Crippen LogP contribution in [-0.2, 0) is 26.3 Å². The molecule has 2 aromatic carbocycles. The maximum absolute atomic E-state index is 12.9. The molecule has 2 N–H and O–H groups in total. The van der Waals surface area contributed by atoms with Crippen LogP contribution in [0.4, 0.5) is 23.1 Å². The van der Waals surface area contributed by atoms with Crippen LogP contribution in [0, 0.1) is 6.92 Å². The summed E-state index contributed by atoms with van der Waals surface area (Å²) in [5, 5.41) is 6.01. The van der Waals surface area contributed by atoms with Crippen LogP contribution in [0.5, 0.6) is 5.75 Å². The average molecular weight is 634 g/mol. The van der Waals surface area contributed by atoms with Crippen LogP contribution < -0.4 is 15.4 Å². The number of aromatic nitrogens is 2. The van der Waals surface area contributed by atoms with Gasteiger partial charge in [0.25, 0.3) is 0 Å². The lowest BCUT2D eigenvalue weighted by molar-refractivity contribution is 0.256. The van der Waals surface area contributed by atoms with Crippen LogP contribution in [0.15, 0.2) is 41.4 Å². The van der Waals surface area contributed by atoms with Gasteiger partial charge in [0.15, 0.2) is 15.7 Å². The predicted molar refractivity (Wildman–Crippen MR) is 166 cm³/mol. The molecule has 2 aliphatic heterocycles. The minimum absolute atomic E-state index is 0.0139. The van der Waals surface area contributed by atoms with E-state index in [0.29, 0.717) is 18.8 Å². The monoisotopic (exact) mass is 633 g/mol. The van der Waals surface area contributed by atoms with Gasteiger partial charge >= 0.3 is 0 Å². The van der Waals surface area contributed by atoms with Crippen molar-refractivity contribution in [1.82, 2.24) is 14.3 Å². The Bertz CT molecular complexity index is 1720. The van der Waals surface area contributed by atoms with Crippen molar-refractivity contribution >= 4 is 54.6 Å². The van der Waals surface area contributed by atoms with Crippen molar-refractivity contribution in [3.8, 4) is 5.75 Å². The van der Waals surface area contributed by atoms with Crippen LogP contribution in [-0.4, -0.2) is 61.8 Å². The highest BCUT2D eigenvalue weighted by Gasteiger charge is 2.33. The molecule has 13 heteroatoms. The second-order valence-corrected chi connectivity index (χ2v) is 16.1. The van der Waals surface area contributed by atoms with Crippen molar-refractivity contribution in [2.75, 3.05) is 30.0 Å². The molecule has 226 valence electrons.